The number of hydrogen-bond donors (Lipinski definition) is 1. The molecule has 2 aromatic rings. The number of hydrogen-bond acceptors (Lipinski definition) is 4. The van der Waals surface area contributed by atoms with Gasteiger partial charge >= 0.3 is 0 Å². The van der Waals surface area contributed by atoms with Crippen molar-refractivity contribution in [2.45, 2.75) is 32.9 Å². The fourth-order valence-electron chi connectivity index (χ4n) is 3.65. The quantitative estimate of drug-likeness (QED) is 0.864. The maximum Gasteiger partial charge on any atom is 0.241 e. The van der Waals surface area contributed by atoms with Crippen molar-refractivity contribution in [1.29, 1.82) is 0 Å². The lowest BCUT2D eigenvalue weighted by molar-refractivity contribution is -0.120. The molecule has 6 nitrogen and oxygen atoms in total. The Hall–Kier alpha value is -2.86. The van der Waals surface area contributed by atoms with Crippen LogP contribution in [0.2, 0.25) is 0 Å². The van der Waals surface area contributed by atoms with Crippen LogP contribution >= 0.6 is 0 Å². The fourth-order valence-corrected chi connectivity index (χ4v) is 3.65. The van der Waals surface area contributed by atoms with Gasteiger partial charge < -0.3 is 15.0 Å². The van der Waals surface area contributed by atoms with Crippen molar-refractivity contribution in [3.63, 3.8) is 0 Å². The number of rotatable bonds is 5. The smallest absolute Gasteiger partial charge is 0.241 e. The predicted molar refractivity (Wildman–Crippen MR) is 111 cm³/mol. The Bertz CT molecular complexity index is 881. The van der Waals surface area contributed by atoms with E-state index in [4.69, 9.17) is 4.74 Å². The molecule has 0 bridgehead atoms. The van der Waals surface area contributed by atoms with Gasteiger partial charge in [-0.25, -0.2) is 0 Å². The predicted octanol–water partition coefficient (Wildman–Crippen LogP) is 3.20. The van der Waals surface area contributed by atoms with Crippen molar-refractivity contribution >= 4 is 23.2 Å². The third kappa shape index (κ3) is 4.34. The van der Waals surface area contributed by atoms with Gasteiger partial charge in [0.25, 0.3) is 0 Å². The van der Waals surface area contributed by atoms with E-state index in [1.165, 1.54) is 0 Å². The highest BCUT2D eigenvalue weighted by Gasteiger charge is 2.29. The van der Waals surface area contributed by atoms with Crippen molar-refractivity contribution in [1.82, 2.24) is 4.90 Å². The van der Waals surface area contributed by atoms with Gasteiger partial charge in [-0.2, -0.15) is 0 Å². The SMILES string of the molecule is COc1ccc(C)cc1CN(C)CC(=O)N1c2ccccc2NC(=O)C[C@@H]1C. The Balaban J connectivity index is 1.78. The third-order valence-corrected chi connectivity index (χ3v) is 4.91. The maximum absolute atomic E-state index is 13.2. The van der Waals surface area contributed by atoms with Crippen LogP contribution in [-0.4, -0.2) is 43.5 Å². The number of nitrogens with zero attached hydrogens (tertiary/aromatic N) is 2. The van der Waals surface area contributed by atoms with E-state index >= 15 is 0 Å². The van der Waals surface area contributed by atoms with Crippen LogP contribution < -0.4 is 15.0 Å². The van der Waals surface area contributed by atoms with Gasteiger partial charge in [-0.3, -0.25) is 14.5 Å². The Labute approximate surface area is 166 Å². The van der Waals surface area contributed by atoms with Crippen molar-refractivity contribution in [2.24, 2.45) is 0 Å². The number of carbonyl (C=O) groups is 2. The normalized spacial score (nSPS) is 16.4. The van der Waals surface area contributed by atoms with Gasteiger partial charge in [0.1, 0.15) is 5.75 Å². The number of methoxy groups -OCH3 is 1. The highest BCUT2D eigenvalue weighted by Crippen LogP contribution is 2.31. The number of aryl methyl sites for hydroxylation is 1. The number of carbonyl (C=O) groups excluding carboxylic acids is 2. The zero-order valence-corrected chi connectivity index (χ0v) is 16.9. The first-order valence-electron chi connectivity index (χ1n) is 9.42. The highest BCUT2D eigenvalue weighted by molar-refractivity contribution is 6.04. The molecule has 0 unspecified atom stereocenters. The van der Waals surface area contributed by atoms with E-state index in [0.717, 1.165) is 22.6 Å². The van der Waals surface area contributed by atoms with Gasteiger partial charge in [0.15, 0.2) is 0 Å². The molecule has 0 aromatic heterocycles. The molecule has 0 saturated heterocycles. The minimum atomic E-state index is -0.210. The first kappa shape index (κ1) is 19.9. The number of benzene rings is 2. The summed E-state index contributed by atoms with van der Waals surface area (Å²) in [5.74, 6) is 0.701. The van der Waals surface area contributed by atoms with Crippen LogP contribution in [0.5, 0.6) is 5.75 Å². The molecular formula is C22H27N3O3. The summed E-state index contributed by atoms with van der Waals surface area (Å²) in [5, 5.41) is 2.89. The molecule has 1 heterocycles. The summed E-state index contributed by atoms with van der Waals surface area (Å²) in [6.45, 7) is 4.78. The van der Waals surface area contributed by atoms with Crippen LogP contribution in [0, 0.1) is 6.92 Å². The summed E-state index contributed by atoms with van der Waals surface area (Å²) in [6.07, 6.45) is 0.274. The molecule has 0 aliphatic carbocycles. The van der Waals surface area contributed by atoms with E-state index in [0.29, 0.717) is 12.2 Å². The summed E-state index contributed by atoms with van der Waals surface area (Å²) in [6, 6.07) is 13.3. The average Bonchev–Trinajstić information content (AvgIpc) is 2.75. The van der Waals surface area contributed by atoms with Gasteiger partial charge in [-0.05, 0) is 39.1 Å². The number of para-hydroxylation sites is 2. The third-order valence-electron chi connectivity index (χ3n) is 4.91. The molecule has 1 aliphatic rings. The summed E-state index contributed by atoms with van der Waals surface area (Å²) in [7, 11) is 3.57. The van der Waals surface area contributed by atoms with Crippen LogP contribution in [-0.2, 0) is 16.1 Å². The number of ether oxygens (including phenoxy) is 1. The van der Waals surface area contributed by atoms with Crippen molar-refractivity contribution < 1.29 is 14.3 Å². The minimum absolute atomic E-state index is 0.0365. The Morgan fingerprint density at radius 1 is 1.29 bits per heavy atom. The zero-order chi connectivity index (χ0) is 20.3. The molecule has 0 spiro atoms. The number of nitrogens with one attached hydrogen (secondary N) is 1. The largest absolute Gasteiger partial charge is 0.496 e. The standard InChI is InChI=1S/C22H27N3O3/c1-15-9-10-20(28-4)17(11-15)13-24(3)14-22(27)25-16(2)12-21(26)23-18-7-5-6-8-19(18)25/h5-11,16H,12-14H2,1-4H3,(H,23,26)/t16-/m0/s1. The maximum atomic E-state index is 13.2. The second-order valence-corrected chi connectivity index (χ2v) is 7.37. The number of anilines is 2. The van der Waals surface area contributed by atoms with Crippen LogP contribution in [0.1, 0.15) is 24.5 Å². The number of likely N-dealkylation sites (N-methyl/N-ethyl adjacent to an activating group) is 1. The van der Waals surface area contributed by atoms with E-state index in [2.05, 4.69) is 11.4 Å². The molecule has 1 N–H and O–H groups in total. The second-order valence-electron chi connectivity index (χ2n) is 7.37. The minimum Gasteiger partial charge on any atom is -0.496 e. The Morgan fingerprint density at radius 2 is 2.04 bits per heavy atom. The summed E-state index contributed by atoms with van der Waals surface area (Å²) in [5.41, 5.74) is 3.61. The van der Waals surface area contributed by atoms with Gasteiger partial charge in [0.2, 0.25) is 11.8 Å². The molecule has 6 heteroatoms. The van der Waals surface area contributed by atoms with E-state index in [-0.39, 0.29) is 30.8 Å². The molecule has 2 amide bonds. The van der Waals surface area contributed by atoms with E-state index in [1.807, 2.05) is 62.2 Å². The summed E-state index contributed by atoms with van der Waals surface area (Å²) >= 11 is 0. The van der Waals surface area contributed by atoms with Crippen LogP contribution in [0.25, 0.3) is 0 Å². The molecule has 3 rings (SSSR count). The molecule has 148 valence electrons. The molecule has 1 aliphatic heterocycles. The molecule has 2 aromatic carbocycles. The second kappa shape index (κ2) is 8.44. The zero-order valence-electron chi connectivity index (χ0n) is 16.9. The van der Waals surface area contributed by atoms with Gasteiger partial charge in [-0.1, -0.05) is 29.8 Å². The lowest BCUT2D eigenvalue weighted by atomic mass is 10.1. The van der Waals surface area contributed by atoms with Gasteiger partial charge in [-0.15, -0.1) is 0 Å². The molecule has 0 radical (unpaired) electrons. The number of fused-ring (bicyclic) bond motifs is 1. The Morgan fingerprint density at radius 3 is 2.79 bits per heavy atom. The van der Waals surface area contributed by atoms with Crippen LogP contribution in [0.4, 0.5) is 11.4 Å². The fraction of sp³-hybridized carbons (Fsp3) is 0.364. The van der Waals surface area contributed by atoms with Crippen molar-refractivity contribution in [2.75, 3.05) is 30.9 Å². The van der Waals surface area contributed by atoms with E-state index in [9.17, 15) is 9.59 Å². The molecule has 0 saturated carbocycles. The van der Waals surface area contributed by atoms with Crippen molar-refractivity contribution in [3.8, 4) is 5.75 Å². The number of amides is 2. The molecule has 0 fully saturated rings. The monoisotopic (exact) mass is 381 g/mol. The lowest BCUT2D eigenvalue weighted by Crippen LogP contribution is -2.44. The van der Waals surface area contributed by atoms with Gasteiger partial charge in [0.05, 0.1) is 25.0 Å². The van der Waals surface area contributed by atoms with E-state index < -0.39 is 0 Å². The highest BCUT2D eigenvalue weighted by atomic mass is 16.5. The molecule has 1 atom stereocenters. The van der Waals surface area contributed by atoms with Crippen molar-refractivity contribution in [3.05, 3.63) is 53.6 Å². The topological polar surface area (TPSA) is 61.9 Å². The van der Waals surface area contributed by atoms with Crippen LogP contribution in [0.15, 0.2) is 42.5 Å². The first-order valence-corrected chi connectivity index (χ1v) is 9.42. The molecular weight excluding hydrogens is 354 g/mol. The summed E-state index contributed by atoms with van der Waals surface area (Å²) in [4.78, 5) is 29.0. The van der Waals surface area contributed by atoms with Gasteiger partial charge in [0, 0.05) is 24.6 Å². The van der Waals surface area contributed by atoms with Crippen LogP contribution in [0.3, 0.4) is 0 Å². The van der Waals surface area contributed by atoms with E-state index in [1.54, 1.807) is 12.0 Å². The lowest BCUT2D eigenvalue weighted by Gasteiger charge is -2.30. The Kier molecular flexibility index (Phi) is 5.99. The first-order chi connectivity index (χ1) is 13.4. The summed E-state index contributed by atoms with van der Waals surface area (Å²) < 4.78 is 5.45. The molecule has 28 heavy (non-hydrogen) atoms. The average molecular weight is 381 g/mol.